The Balaban J connectivity index is 1.69. The van der Waals surface area contributed by atoms with Gasteiger partial charge in [0.15, 0.2) is 0 Å². The van der Waals surface area contributed by atoms with Crippen LogP contribution in [0.2, 0.25) is 5.02 Å². The zero-order chi connectivity index (χ0) is 18.7. The van der Waals surface area contributed by atoms with Crippen LogP contribution in [0.3, 0.4) is 0 Å². The molecule has 3 rings (SSSR count). The highest BCUT2D eigenvalue weighted by Crippen LogP contribution is 2.30. The fourth-order valence-electron chi connectivity index (χ4n) is 2.46. The Bertz CT molecular complexity index is 814. The Labute approximate surface area is 157 Å². The lowest BCUT2D eigenvalue weighted by molar-refractivity contribution is -0.117. The van der Waals surface area contributed by atoms with Crippen molar-refractivity contribution in [3.05, 3.63) is 53.1 Å². The lowest BCUT2D eigenvalue weighted by Crippen LogP contribution is -2.16. The normalized spacial score (nSPS) is 13.4. The van der Waals surface area contributed by atoms with Crippen LogP contribution >= 0.6 is 11.6 Å². The highest BCUT2D eigenvalue weighted by atomic mass is 35.5. The van der Waals surface area contributed by atoms with Crippen molar-refractivity contribution in [1.29, 1.82) is 0 Å². The van der Waals surface area contributed by atoms with Gasteiger partial charge in [-0.05, 0) is 69.2 Å². The summed E-state index contributed by atoms with van der Waals surface area (Å²) in [7, 11) is 0. The number of carbonyl (C=O) groups is 2. The predicted octanol–water partition coefficient (Wildman–Crippen LogP) is 4.73. The molecular formula is C20H21ClN2O3. The lowest BCUT2D eigenvalue weighted by atomic mass is 10.1. The van der Waals surface area contributed by atoms with E-state index in [1.54, 1.807) is 42.5 Å². The first-order valence-electron chi connectivity index (χ1n) is 8.61. The summed E-state index contributed by atoms with van der Waals surface area (Å²) in [4.78, 5) is 24.4. The van der Waals surface area contributed by atoms with Crippen LogP contribution in [-0.4, -0.2) is 17.9 Å². The fraction of sp³-hybridized carbons (Fsp3) is 0.300. The Hall–Kier alpha value is -2.53. The molecular weight excluding hydrogens is 352 g/mol. The lowest BCUT2D eigenvalue weighted by Gasteiger charge is -2.14. The van der Waals surface area contributed by atoms with Gasteiger partial charge in [0.2, 0.25) is 5.91 Å². The molecule has 1 aliphatic rings. The largest absolute Gasteiger partial charge is 0.490 e. The number of hydrogen-bond acceptors (Lipinski definition) is 3. The van der Waals surface area contributed by atoms with Crippen LogP contribution in [0, 0.1) is 5.92 Å². The van der Waals surface area contributed by atoms with Crippen molar-refractivity contribution in [3.8, 4) is 5.75 Å². The topological polar surface area (TPSA) is 67.4 Å². The number of nitrogens with one attached hydrogen (secondary N) is 2. The van der Waals surface area contributed by atoms with E-state index in [0.29, 0.717) is 27.7 Å². The molecule has 2 aromatic carbocycles. The van der Waals surface area contributed by atoms with Crippen LogP contribution in [-0.2, 0) is 4.79 Å². The first-order valence-corrected chi connectivity index (χ1v) is 8.98. The van der Waals surface area contributed by atoms with Crippen LogP contribution in [0.5, 0.6) is 5.75 Å². The summed E-state index contributed by atoms with van der Waals surface area (Å²) in [5.41, 5.74) is 1.71. The molecule has 1 aliphatic carbocycles. The maximum absolute atomic E-state index is 12.6. The quantitative estimate of drug-likeness (QED) is 0.770. The summed E-state index contributed by atoms with van der Waals surface area (Å²) in [5, 5.41) is 6.15. The van der Waals surface area contributed by atoms with Gasteiger partial charge in [-0.25, -0.2) is 0 Å². The first-order chi connectivity index (χ1) is 12.4. The molecule has 0 unspecified atom stereocenters. The molecule has 1 fully saturated rings. The van der Waals surface area contributed by atoms with Gasteiger partial charge >= 0.3 is 0 Å². The van der Waals surface area contributed by atoms with Crippen molar-refractivity contribution < 1.29 is 14.3 Å². The summed E-state index contributed by atoms with van der Waals surface area (Å²) >= 11 is 6.02. The van der Waals surface area contributed by atoms with Gasteiger partial charge in [0.05, 0.1) is 11.7 Å². The Morgan fingerprint density at radius 3 is 2.23 bits per heavy atom. The third kappa shape index (κ3) is 4.76. The maximum Gasteiger partial charge on any atom is 0.259 e. The third-order valence-electron chi connectivity index (χ3n) is 3.91. The number of ether oxygens (including phenoxy) is 1. The number of halogens is 1. The molecule has 0 aromatic heterocycles. The van der Waals surface area contributed by atoms with Crippen molar-refractivity contribution in [2.24, 2.45) is 5.92 Å². The third-order valence-corrected chi connectivity index (χ3v) is 4.14. The molecule has 6 heteroatoms. The van der Waals surface area contributed by atoms with Gasteiger partial charge in [-0.1, -0.05) is 11.6 Å². The summed E-state index contributed by atoms with van der Waals surface area (Å²) in [5.74, 6) is 0.376. The molecule has 136 valence electrons. The van der Waals surface area contributed by atoms with E-state index in [4.69, 9.17) is 16.3 Å². The van der Waals surface area contributed by atoms with Gasteiger partial charge < -0.3 is 15.4 Å². The number of anilines is 2. The monoisotopic (exact) mass is 372 g/mol. The van der Waals surface area contributed by atoms with Gasteiger partial charge in [-0.3, -0.25) is 9.59 Å². The number of rotatable bonds is 6. The Morgan fingerprint density at radius 2 is 1.65 bits per heavy atom. The average Bonchev–Trinajstić information content (AvgIpc) is 3.43. The van der Waals surface area contributed by atoms with Crippen molar-refractivity contribution in [2.45, 2.75) is 32.8 Å². The predicted molar refractivity (Wildman–Crippen MR) is 103 cm³/mol. The summed E-state index contributed by atoms with van der Waals surface area (Å²) < 4.78 is 5.68. The van der Waals surface area contributed by atoms with E-state index in [0.717, 1.165) is 12.8 Å². The molecule has 0 spiro atoms. The molecule has 0 saturated heterocycles. The second kappa shape index (κ2) is 7.79. The summed E-state index contributed by atoms with van der Waals surface area (Å²) in [6.45, 7) is 3.79. The second-order valence-electron chi connectivity index (χ2n) is 6.60. The smallest absolute Gasteiger partial charge is 0.259 e. The molecule has 5 nitrogen and oxygen atoms in total. The van der Waals surface area contributed by atoms with E-state index in [1.165, 1.54) is 0 Å². The number of carbonyl (C=O) groups excluding carboxylic acids is 2. The van der Waals surface area contributed by atoms with E-state index < -0.39 is 0 Å². The van der Waals surface area contributed by atoms with E-state index in [2.05, 4.69) is 10.6 Å². The first kappa shape index (κ1) is 18.3. The molecule has 2 amide bonds. The Morgan fingerprint density at radius 1 is 1.04 bits per heavy atom. The molecule has 0 bridgehead atoms. The number of hydrogen-bond donors (Lipinski definition) is 2. The van der Waals surface area contributed by atoms with Crippen LogP contribution in [0.25, 0.3) is 0 Å². The SMILES string of the molecule is CC(C)Oc1ccc(Cl)cc1C(=O)Nc1ccc(NC(=O)C2CC2)cc1. The zero-order valence-corrected chi connectivity index (χ0v) is 15.5. The van der Waals surface area contributed by atoms with Crippen LogP contribution < -0.4 is 15.4 Å². The minimum atomic E-state index is -0.307. The molecule has 2 aromatic rings. The van der Waals surface area contributed by atoms with Gasteiger partial charge in [-0.2, -0.15) is 0 Å². The van der Waals surface area contributed by atoms with E-state index in [9.17, 15) is 9.59 Å². The number of benzene rings is 2. The molecule has 0 atom stereocenters. The standard InChI is InChI=1S/C20H21ClN2O3/c1-12(2)26-18-10-5-14(21)11-17(18)20(25)23-16-8-6-15(7-9-16)22-19(24)13-3-4-13/h5-13H,3-4H2,1-2H3,(H,22,24)(H,23,25). The highest BCUT2D eigenvalue weighted by molar-refractivity contribution is 6.31. The maximum atomic E-state index is 12.6. The molecule has 0 radical (unpaired) electrons. The van der Waals surface area contributed by atoms with Gasteiger partial charge in [0, 0.05) is 22.3 Å². The fourth-order valence-corrected chi connectivity index (χ4v) is 2.63. The summed E-state index contributed by atoms with van der Waals surface area (Å²) in [6, 6.07) is 12.0. The summed E-state index contributed by atoms with van der Waals surface area (Å²) in [6.07, 6.45) is 1.86. The van der Waals surface area contributed by atoms with E-state index in [1.807, 2.05) is 13.8 Å². The minimum absolute atomic E-state index is 0.0520. The van der Waals surface area contributed by atoms with Gasteiger partial charge in [-0.15, -0.1) is 0 Å². The average molecular weight is 373 g/mol. The molecule has 2 N–H and O–H groups in total. The van der Waals surface area contributed by atoms with Crippen molar-refractivity contribution in [2.75, 3.05) is 10.6 Å². The van der Waals surface area contributed by atoms with Crippen LogP contribution in [0.15, 0.2) is 42.5 Å². The van der Waals surface area contributed by atoms with Crippen molar-refractivity contribution in [3.63, 3.8) is 0 Å². The molecule has 26 heavy (non-hydrogen) atoms. The number of amides is 2. The van der Waals surface area contributed by atoms with E-state index >= 15 is 0 Å². The molecule has 0 heterocycles. The second-order valence-corrected chi connectivity index (χ2v) is 7.04. The van der Waals surface area contributed by atoms with Crippen LogP contribution in [0.4, 0.5) is 11.4 Å². The van der Waals surface area contributed by atoms with Crippen molar-refractivity contribution in [1.82, 2.24) is 0 Å². The molecule has 0 aliphatic heterocycles. The van der Waals surface area contributed by atoms with Gasteiger partial charge in [0.25, 0.3) is 5.91 Å². The van der Waals surface area contributed by atoms with Gasteiger partial charge in [0.1, 0.15) is 5.75 Å². The molecule has 1 saturated carbocycles. The van der Waals surface area contributed by atoms with E-state index in [-0.39, 0.29) is 23.8 Å². The Kier molecular flexibility index (Phi) is 5.47. The van der Waals surface area contributed by atoms with Crippen molar-refractivity contribution >= 4 is 34.8 Å². The highest BCUT2D eigenvalue weighted by Gasteiger charge is 2.29. The minimum Gasteiger partial charge on any atom is -0.490 e. The van der Waals surface area contributed by atoms with Crippen LogP contribution in [0.1, 0.15) is 37.0 Å². The zero-order valence-electron chi connectivity index (χ0n) is 14.7.